The number of hydrogen-bond donors (Lipinski definition) is 1. The molecular weight excluding hydrogens is 280 g/mol. The number of carbonyl (C=O) groups excluding carboxylic acids is 2. The van der Waals surface area contributed by atoms with Crippen molar-refractivity contribution in [2.75, 3.05) is 5.32 Å². The monoisotopic (exact) mass is 300 g/mol. The van der Waals surface area contributed by atoms with Gasteiger partial charge in [-0.25, -0.2) is 9.67 Å². The van der Waals surface area contributed by atoms with Gasteiger partial charge < -0.3 is 5.32 Å². The van der Waals surface area contributed by atoms with Crippen LogP contribution in [0.25, 0.3) is 0 Å². The van der Waals surface area contributed by atoms with Crippen LogP contribution in [0.4, 0.5) is 5.69 Å². The molecule has 1 N–H and O–H groups in total. The predicted molar refractivity (Wildman–Crippen MR) is 83.9 cm³/mol. The van der Waals surface area contributed by atoms with E-state index in [0.717, 1.165) is 24.5 Å². The first kappa shape index (κ1) is 15.9. The van der Waals surface area contributed by atoms with Crippen LogP contribution in [0.1, 0.15) is 42.8 Å². The van der Waals surface area contributed by atoms with Crippen LogP contribution in [0.5, 0.6) is 0 Å². The Hall–Kier alpha value is -2.50. The van der Waals surface area contributed by atoms with Gasteiger partial charge in [0.2, 0.25) is 5.91 Å². The molecule has 1 amide bonds. The lowest BCUT2D eigenvalue weighted by atomic mass is 10.1. The number of aromatic nitrogens is 3. The Labute approximate surface area is 129 Å². The van der Waals surface area contributed by atoms with Crippen molar-refractivity contribution in [2.24, 2.45) is 0 Å². The standard InChI is InChI=1S/C16H20N4O2/c1-4-14-18-15(5-2)20(19-14)10-16(22)17-13-8-6-7-12(9-13)11(3)21/h6-9H,4-5,10H2,1-3H3,(H,17,22). The van der Waals surface area contributed by atoms with Crippen molar-refractivity contribution < 1.29 is 9.59 Å². The highest BCUT2D eigenvalue weighted by Crippen LogP contribution is 2.11. The minimum Gasteiger partial charge on any atom is -0.324 e. The van der Waals surface area contributed by atoms with Crippen LogP contribution in [-0.4, -0.2) is 26.5 Å². The zero-order valence-electron chi connectivity index (χ0n) is 13.1. The van der Waals surface area contributed by atoms with Gasteiger partial charge in [-0.2, -0.15) is 5.10 Å². The number of aryl methyl sites for hydroxylation is 2. The molecule has 0 spiro atoms. The molecule has 0 saturated heterocycles. The lowest BCUT2D eigenvalue weighted by molar-refractivity contribution is -0.117. The van der Waals surface area contributed by atoms with E-state index < -0.39 is 0 Å². The summed E-state index contributed by atoms with van der Waals surface area (Å²) in [5, 5.41) is 7.10. The zero-order valence-corrected chi connectivity index (χ0v) is 13.1. The number of nitrogens with one attached hydrogen (secondary N) is 1. The van der Waals surface area contributed by atoms with Crippen LogP contribution in [0, 0.1) is 0 Å². The fourth-order valence-electron chi connectivity index (χ4n) is 2.12. The highest BCUT2D eigenvalue weighted by atomic mass is 16.2. The number of ketones is 1. The molecule has 0 saturated carbocycles. The maximum absolute atomic E-state index is 12.1. The summed E-state index contributed by atoms with van der Waals surface area (Å²) in [5.41, 5.74) is 1.17. The van der Waals surface area contributed by atoms with Crippen molar-refractivity contribution in [3.8, 4) is 0 Å². The molecule has 0 unspecified atom stereocenters. The fraction of sp³-hybridized carbons (Fsp3) is 0.375. The molecule has 0 aliphatic rings. The molecule has 0 aliphatic heterocycles. The third-order valence-electron chi connectivity index (χ3n) is 3.27. The van der Waals surface area contributed by atoms with Crippen molar-refractivity contribution in [1.82, 2.24) is 14.8 Å². The van der Waals surface area contributed by atoms with E-state index in [1.165, 1.54) is 6.92 Å². The van der Waals surface area contributed by atoms with Crippen molar-refractivity contribution in [3.63, 3.8) is 0 Å². The molecule has 1 heterocycles. The maximum Gasteiger partial charge on any atom is 0.246 e. The van der Waals surface area contributed by atoms with Gasteiger partial charge in [0.05, 0.1) is 0 Å². The molecule has 0 fully saturated rings. The first-order chi connectivity index (χ1) is 10.5. The second-order valence-corrected chi connectivity index (χ2v) is 4.99. The molecule has 0 bridgehead atoms. The Bertz CT molecular complexity index is 691. The number of nitrogens with zero attached hydrogens (tertiary/aromatic N) is 3. The van der Waals surface area contributed by atoms with E-state index >= 15 is 0 Å². The highest BCUT2D eigenvalue weighted by Gasteiger charge is 2.11. The van der Waals surface area contributed by atoms with E-state index in [-0.39, 0.29) is 18.2 Å². The zero-order chi connectivity index (χ0) is 16.1. The van der Waals surface area contributed by atoms with E-state index in [0.29, 0.717) is 11.3 Å². The molecule has 1 aromatic carbocycles. The normalized spacial score (nSPS) is 10.5. The molecule has 0 aliphatic carbocycles. The lowest BCUT2D eigenvalue weighted by Crippen LogP contribution is -2.21. The number of rotatable bonds is 6. The summed E-state index contributed by atoms with van der Waals surface area (Å²) in [7, 11) is 0. The summed E-state index contributed by atoms with van der Waals surface area (Å²) >= 11 is 0. The van der Waals surface area contributed by atoms with E-state index in [1.54, 1.807) is 28.9 Å². The van der Waals surface area contributed by atoms with Crippen molar-refractivity contribution in [1.29, 1.82) is 0 Å². The number of benzene rings is 1. The van der Waals surface area contributed by atoms with E-state index in [2.05, 4.69) is 15.4 Å². The highest BCUT2D eigenvalue weighted by molar-refractivity contribution is 5.97. The van der Waals surface area contributed by atoms with Gasteiger partial charge in [-0.1, -0.05) is 26.0 Å². The quantitative estimate of drug-likeness (QED) is 0.830. The third kappa shape index (κ3) is 3.78. The second kappa shape index (κ2) is 6.98. The molecule has 0 atom stereocenters. The first-order valence-electron chi connectivity index (χ1n) is 7.37. The van der Waals surface area contributed by atoms with E-state index in [1.807, 2.05) is 13.8 Å². The SMILES string of the molecule is CCc1nc(CC)n(CC(=O)Nc2cccc(C(C)=O)c2)n1. The Morgan fingerprint density at radius 3 is 2.64 bits per heavy atom. The number of hydrogen-bond acceptors (Lipinski definition) is 4. The van der Waals surface area contributed by atoms with Gasteiger partial charge in [0.15, 0.2) is 11.6 Å². The van der Waals surface area contributed by atoms with Crippen LogP contribution < -0.4 is 5.32 Å². The third-order valence-corrected chi connectivity index (χ3v) is 3.27. The predicted octanol–water partition coefficient (Wildman–Crippen LogP) is 2.24. The Balaban J connectivity index is 2.08. The summed E-state index contributed by atoms with van der Waals surface area (Å²) in [6.45, 7) is 5.57. The van der Waals surface area contributed by atoms with E-state index in [4.69, 9.17) is 0 Å². The molecule has 22 heavy (non-hydrogen) atoms. The smallest absolute Gasteiger partial charge is 0.246 e. The lowest BCUT2D eigenvalue weighted by Gasteiger charge is -2.07. The molecule has 0 radical (unpaired) electrons. The topological polar surface area (TPSA) is 76.9 Å². The average Bonchev–Trinajstić information content (AvgIpc) is 2.89. The largest absolute Gasteiger partial charge is 0.324 e. The van der Waals surface area contributed by atoms with Gasteiger partial charge in [-0.05, 0) is 19.1 Å². The molecule has 2 rings (SSSR count). The number of amides is 1. The van der Waals surface area contributed by atoms with Crippen LogP contribution >= 0.6 is 0 Å². The second-order valence-electron chi connectivity index (χ2n) is 4.99. The summed E-state index contributed by atoms with van der Waals surface area (Å²) in [6.07, 6.45) is 1.46. The molecule has 6 heteroatoms. The maximum atomic E-state index is 12.1. The van der Waals surface area contributed by atoms with Gasteiger partial charge in [0.25, 0.3) is 0 Å². The van der Waals surface area contributed by atoms with Crippen LogP contribution in [-0.2, 0) is 24.2 Å². The van der Waals surface area contributed by atoms with Gasteiger partial charge >= 0.3 is 0 Å². The number of carbonyl (C=O) groups is 2. The molecule has 116 valence electrons. The molecular formula is C16H20N4O2. The number of Topliss-reactive ketones (excluding diaryl/α,β-unsaturated/α-hetero) is 1. The van der Waals surface area contributed by atoms with Gasteiger partial charge in [-0.3, -0.25) is 9.59 Å². The summed E-state index contributed by atoms with van der Waals surface area (Å²) < 4.78 is 1.63. The first-order valence-corrected chi connectivity index (χ1v) is 7.37. The van der Waals surface area contributed by atoms with Crippen LogP contribution in [0.2, 0.25) is 0 Å². The molecule has 1 aromatic heterocycles. The molecule has 2 aromatic rings. The van der Waals surface area contributed by atoms with Gasteiger partial charge in [0, 0.05) is 24.1 Å². The Kier molecular flexibility index (Phi) is 5.04. The minimum atomic E-state index is -0.192. The Morgan fingerprint density at radius 2 is 2.00 bits per heavy atom. The van der Waals surface area contributed by atoms with Crippen LogP contribution in [0.15, 0.2) is 24.3 Å². The summed E-state index contributed by atoms with van der Waals surface area (Å²) in [6, 6.07) is 6.89. The number of anilines is 1. The summed E-state index contributed by atoms with van der Waals surface area (Å²) in [5.74, 6) is 1.31. The van der Waals surface area contributed by atoms with Crippen molar-refractivity contribution in [3.05, 3.63) is 41.5 Å². The van der Waals surface area contributed by atoms with Crippen molar-refractivity contribution in [2.45, 2.75) is 40.2 Å². The van der Waals surface area contributed by atoms with Crippen LogP contribution in [0.3, 0.4) is 0 Å². The molecule has 6 nitrogen and oxygen atoms in total. The summed E-state index contributed by atoms with van der Waals surface area (Å²) in [4.78, 5) is 27.9. The Morgan fingerprint density at radius 1 is 1.23 bits per heavy atom. The van der Waals surface area contributed by atoms with E-state index in [9.17, 15) is 9.59 Å². The fourth-order valence-corrected chi connectivity index (χ4v) is 2.12. The van der Waals surface area contributed by atoms with Gasteiger partial charge in [-0.15, -0.1) is 0 Å². The van der Waals surface area contributed by atoms with Crippen molar-refractivity contribution >= 4 is 17.4 Å². The van der Waals surface area contributed by atoms with Gasteiger partial charge in [0.1, 0.15) is 12.4 Å². The average molecular weight is 300 g/mol. The minimum absolute atomic E-state index is 0.0340.